The van der Waals surface area contributed by atoms with Gasteiger partial charge in [-0.1, -0.05) is 23.2 Å². The van der Waals surface area contributed by atoms with Crippen molar-refractivity contribution < 1.29 is 32.7 Å². The van der Waals surface area contributed by atoms with Crippen molar-refractivity contribution in [1.29, 1.82) is 0 Å². The van der Waals surface area contributed by atoms with Gasteiger partial charge < -0.3 is 9.84 Å². The summed E-state index contributed by atoms with van der Waals surface area (Å²) in [6.45, 7) is 0. The van der Waals surface area contributed by atoms with Gasteiger partial charge in [-0.25, -0.2) is 4.79 Å². The van der Waals surface area contributed by atoms with Gasteiger partial charge in [0.2, 0.25) is 0 Å². The monoisotopic (exact) mass is 319 g/mol. The molecule has 0 aliphatic heterocycles. The van der Waals surface area contributed by atoms with Gasteiger partial charge in [0.25, 0.3) is 0 Å². The van der Waals surface area contributed by atoms with Crippen molar-refractivity contribution >= 4 is 34.9 Å². The zero-order valence-electron chi connectivity index (χ0n) is 8.49. The van der Waals surface area contributed by atoms with Crippen LogP contribution in [0.15, 0.2) is 6.07 Å². The second-order valence-corrected chi connectivity index (χ2v) is 3.82. The molecule has 0 heterocycles. The number of hydrogen-bond donors (Lipinski definition) is 1. The smallest absolute Gasteiger partial charge is 0.477 e. The lowest BCUT2D eigenvalue weighted by atomic mass is 10.1. The first-order chi connectivity index (χ1) is 8.54. The number of nitro groups is 1. The SMILES string of the molecule is O=C(O)c1c(OC(F)(F)F)c(Cl)cc(Cl)c1[N+](=O)[O-]. The highest BCUT2D eigenvalue weighted by Crippen LogP contribution is 2.42. The largest absolute Gasteiger partial charge is 0.573 e. The number of aromatic carboxylic acids is 1. The summed E-state index contributed by atoms with van der Waals surface area (Å²) in [6.07, 6.45) is -5.27. The average Bonchev–Trinajstić information content (AvgIpc) is 2.18. The molecular weight excluding hydrogens is 318 g/mol. The number of hydrogen-bond acceptors (Lipinski definition) is 4. The normalized spacial score (nSPS) is 11.2. The van der Waals surface area contributed by atoms with Crippen molar-refractivity contribution in [2.45, 2.75) is 6.36 Å². The molecule has 1 rings (SSSR count). The van der Waals surface area contributed by atoms with Crippen LogP contribution in [-0.2, 0) is 0 Å². The molecule has 0 aliphatic rings. The van der Waals surface area contributed by atoms with E-state index in [0.29, 0.717) is 6.07 Å². The number of rotatable bonds is 3. The molecule has 1 N–H and O–H groups in total. The van der Waals surface area contributed by atoms with Crippen molar-refractivity contribution in [3.05, 3.63) is 31.8 Å². The summed E-state index contributed by atoms with van der Waals surface area (Å²) in [4.78, 5) is 20.3. The van der Waals surface area contributed by atoms with E-state index in [4.69, 9.17) is 28.3 Å². The van der Waals surface area contributed by atoms with Gasteiger partial charge in [0.05, 0.1) is 9.95 Å². The van der Waals surface area contributed by atoms with E-state index in [1.54, 1.807) is 0 Å². The highest BCUT2D eigenvalue weighted by Gasteiger charge is 2.38. The van der Waals surface area contributed by atoms with Crippen molar-refractivity contribution in [3.63, 3.8) is 0 Å². The fraction of sp³-hybridized carbons (Fsp3) is 0.125. The Morgan fingerprint density at radius 3 is 2.26 bits per heavy atom. The molecular formula is C8H2Cl2F3NO5. The lowest BCUT2D eigenvalue weighted by molar-refractivity contribution is -0.385. The van der Waals surface area contributed by atoms with E-state index < -0.39 is 44.3 Å². The summed E-state index contributed by atoms with van der Waals surface area (Å²) in [6, 6.07) is 0.592. The number of carboxylic acids is 1. The van der Waals surface area contributed by atoms with E-state index in [1.807, 2.05) is 0 Å². The van der Waals surface area contributed by atoms with Crippen LogP contribution in [0.1, 0.15) is 10.4 Å². The van der Waals surface area contributed by atoms with Gasteiger partial charge in [-0.2, -0.15) is 0 Å². The molecule has 1 aromatic rings. The number of halogens is 5. The summed E-state index contributed by atoms with van der Waals surface area (Å²) in [5, 5.41) is 17.9. The summed E-state index contributed by atoms with van der Waals surface area (Å²) in [5.74, 6) is -3.42. The van der Waals surface area contributed by atoms with E-state index in [9.17, 15) is 28.1 Å². The third-order valence-corrected chi connectivity index (χ3v) is 2.34. The predicted octanol–water partition coefficient (Wildman–Crippen LogP) is 3.50. The molecule has 0 saturated heterocycles. The average molecular weight is 320 g/mol. The lowest BCUT2D eigenvalue weighted by Crippen LogP contribution is -2.20. The summed E-state index contributed by atoms with van der Waals surface area (Å²) < 4.78 is 39.8. The van der Waals surface area contributed by atoms with Crippen LogP contribution in [0.2, 0.25) is 10.0 Å². The molecule has 0 saturated carbocycles. The van der Waals surface area contributed by atoms with Crippen LogP contribution in [0.5, 0.6) is 5.75 Å². The fourth-order valence-corrected chi connectivity index (χ4v) is 1.75. The zero-order valence-corrected chi connectivity index (χ0v) is 10.0. The molecule has 6 nitrogen and oxygen atoms in total. The van der Waals surface area contributed by atoms with Gasteiger partial charge in [-0.3, -0.25) is 10.1 Å². The van der Waals surface area contributed by atoms with Gasteiger partial charge in [-0.15, -0.1) is 13.2 Å². The third kappa shape index (κ3) is 3.38. The number of carboxylic acid groups (broad SMARTS) is 1. The maximum atomic E-state index is 12.1. The van der Waals surface area contributed by atoms with Gasteiger partial charge in [0.15, 0.2) is 11.3 Å². The Balaban J connectivity index is 3.66. The number of carbonyl (C=O) groups is 1. The standard InChI is InChI=1S/C8H2Cl2F3NO5/c9-2-1-3(10)6(19-8(11,12)13)4(7(15)16)5(2)14(17)18/h1H,(H,15,16). The van der Waals surface area contributed by atoms with Crippen LogP contribution in [0.25, 0.3) is 0 Å². The molecule has 0 amide bonds. The third-order valence-electron chi connectivity index (χ3n) is 1.77. The van der Waals surface area contributed by atoms with E-state index in [1.165, 1.54) is 0 Å². The summed E-state index contributed by atoms with van der Waals surface area (Å²) in [7, 11) is 0. The van der Waals surface area contributed by atoms with Gasteiger partial charge in [0.1, 0.15) is 5.02 Å². The molecule has 0 radical (unpaired) electrons. The molecule has 0 spiro atoms. The van der Waals surface area contributed by atoms with Crippen LogP contribution >= 0.6 is 23.2 Å². The maximum absolute atomic E-state index is 12.1. The zero-order chi connectivity index (χ0) is 15.0. The van der Waals surface area contributed by atoms with E-state index in [0.717, 1.165) is 0 Å². The molecule has 104 valence electrons. The topological polar surface area (TPSA) is 89.7 Å². The number of benzene rings is 1. The Morgan fingerprint density at radius 1 is 1.37 bits per heavy atom. The van der Waals surface area contributed by atoms with Crippen molar-refractivity contribution in [2.75, 3.05) is 0 Å². The molecule has 0 atom stereocenters. The Morgan fingerprint density at radius 2 is 1.89 bits per heavy atom. The van der Waals surface area contributed by atoms with Crippen molar-refractivity contribution in [3.8, 4) is 5.75 Å². The Bertz CT molecular complexity index is 560. The van der Waals surface area contributed by atoms with Gasteiger partial charge >= 0.3 is 18.0 Å². The van der Waals surface area contributed by atoms with E-state index >= 15 is 0 Å². The lowest BCUT2D eigenvalue weighted by Gasteiger charge is -2.13. The first-order valence-corrected chi connectivity index (χ1v) is 4.95. The van der Waals surface area contributed by atoms with Crippen LogP contribution < -0.4 is 4.74 Å². The summed E-state index contributed by atoms with van der Waals surface area (Å²) >= 11 is 10.8. The van der Waals surface area contributed by atoms with Crippen LogP contribution in [0, 0.1) is 10.1 Å². The molecule has 1 aromatic carbocycles. The minimum Gasteiger partial charge on any atom is -0.477 e. The van der Waals surface area contributed by atoms with Crippen LogP contribution in [-0.4, -0.2) is 22.4 Å². The molecule has 0 fully saturated rings. The number of nitro benzene ring substituents is 1. The quantitative estimate of drug-likeness (QED) is 0.680. The molecule has 0 aliphatic carbocycles. The van der Waals surface area contributed by atoms with Gasteiger partial charge in [-0.05, 0) is 6.07 Å². The first-order valence-electron chi connectivity index (χ1n) is 4.20. The first kappa shape index (κ1) is 15.3. The maximum Gasteiger partial charge on any atom is 0.573 e. The second-order valence-electron chi connectivity index (χ2n) is 3.00. The minimum absolute atomic E-state index is 0.592. The molecule has 11 heteroatoms. The molecule has 0 unspecified atom stereocenters. The number of ether oxygens (including phenoxy) is 1. The Hall–Kier alpha value is -1.74. The van der Waals surface area contributed by atoms with Gasteiger partial charge in [0, 0.05) is 0 Å². The Labute approximate surface area is 112 Å². The number of nitrogens with zero attached hydrogens (tertiary/aromatic N) is 1. The molecule has 0 aromatic heterocycles. The number of alkyl halides is 3. The molecule has 0 bridgehead atoms. The summed E-state index contributed by atoms with van der Waals surface area (Å²) in [5.41, 5.74) is -2.61. The van der Waals surface area contributed by atoms with Crippen LogP contribution in [0.4, 0.5) is 18.9 Å². The van der Waals surface area contributed by atoms with E-state index in [2.05, 4.69) is 4.74 Å². The highest BCUT2D eigenvalue weighted by molar-refractivity contribution is 6.38. The fourth-order valence-electron chi connectivity index (χ4n) is 1.18. The minimum atomic E-state index is -5.27. The van der Waals surface area contributed by atoms with Crippen LogP contribution in [0.3, 0.4) is 0 Å². The van der Waals surface area contributed by atoms with Crippen molar-refractivity contribution in [2.24, 2.45) is 0 Å². The van der Waals surface area contributed by atoms with E-state index in [-0.39, 0.29) is 0 Å². The Kier molecular flexibility index (Phi) is 4.11. The second kappa shape index (κ2) is 5.10. The van der Waals surface area contributed by atoms with Crippen molar-refractivity contribution in [1.82, 2.24) is 0 Å². The predicted molar refractivity (Wildman–Crippen MR) is 56.8 cm³/mol. The molecule has 19 heavy (non-hydrogen) atoms. The highest BCUT2D eigenvalue weighted by atomic mass is 35.5.